The van der Waals surface area contributed by atoms with Crippen molar-refractivity contribution in [1.29, 1.82) is 0 Å². The van der Waals surface area contributed by atoms with E-state index in [9.17, 15) is 9.59 Å². The smallest absolute Gasteiger partial charge is 0.279 e. The second kappa shape index (κ2) is 11.2. The summed E-state index contributed by atoms with van der Waals surface area (Å²) >= 11 is 0. The lowest BCUT2D eigenvalue weighted by molar-refractivity contribution is -0.133. The van der Waals surface area contributed by atoms with Crippen LogP contribution in [0.3, 0.4) is 0 Å². The average Bonchev–Trinajstić information content (AvgIpc) is 2.75. The maximum absolute atomic E-state index is 12.3. The summed E-state index contributed by atoms with van der Waals surface area (Å²) in [5.74, 6) is 1.04. The van der Waals surface area contributed by atoms with Crippen LogP contribution in [0.1, 0.15) is 64.0 Å². The van der Waals surface area contributed by atoms with Gasteiger partial charge in [-0.25, -0.2) is 0 Å². The van der Waals surface area contributed by atoms with Gasteiger partial charge < -0.3 is 9.47 Å². The first-order valence-electron chi connectivity index (χ1n) is 10.4. The number of benzene rings is 2. The number of hydrogen-bond donors (Lipinski definition) is 2. The summed E-state index contributed by atoms with van der Waals surface area (Å²) < 4.78 is 11.4. The van der Waals surface area contributed by atoms with Gasteiger partial charge in [-0.15, -0.1) is 0 Å². The van der Waals surface area contributed by atoms with E-state index >= 15 is 0 Å². The van der Waals surface area contributed by atoms with E-state index in [4.69, 9.17) is 9.47 Å². The Labute approximate surface area is 178 Å². The largest absolute Gasteiger partial charge is 0.483 e. The van der Waals surface area contributed by atoms with Crippen LogP contribution in [-0.2, 0) is 9.59 Å². The molecule has 0 fully saturated rings. The van der Waals surface area contributed by atoms with Gasteiger partial charge in [-0.05, 0) is 48.4 Å². The van der Waals surface area contributed by atoms with E-state index in [1.54, 1.807) is 6.92 Å². The lowest BCUT2D eigenvalue weighted by Gasteiger charge is -2.20. The molecule has 0 radical (unpaired) electrons. The quantitative estimate of drug-likeness (QED) is 0.602. The van der Waals surface area contributed by atoms with E-state index in [1.165, 1.54) is 0 Å². The molecule has 0 heterocycles. The molecule has 2 aromatic carbocycles. The Balaban J connectivity index is 1.85. The van der Waals surface area contributed by atoms with Crippen LogP contribution < -0.4 is 20.3 Å². The zero-order chi connectivity index (χ0) is 22.1. The first kappa shape index (κ1) is 23.3. The molecule has 30 heavy (non-hydrogen) atoms. The lowest BCUT2D eigenvalue weighted by atomic mass is 9.98. The van der Waals surface area contributed by atoms with Crippen LogP contribution in [0, 0.1) is 0 Å². The van der Waals surface area contributed by atoms with Gasteiger partial charge in [-0.1, -0.05) is 64.1 Å². The van der Waals surface area contributed by atoms with E-state index in [0.29, 0.717) is 17.4 Å². The molecule has 2 atom stereocenters. The van der Waals surface area contributed by atoms with E-state index in [-0.39, 0.29) is 12.5 Å². The molecule has 0 saturated carbocycles. The van der Waals surface area contributed by atoms with Crippen LogP contribution in [-0.4, -0.2) is 24.5 Å². The van der Waals surface area contributed by atoms with Crippen LogP contribution in [0.25, 0.3) is 0 Å². The molecule has 0 spiro atoms. The minimum absolute atomic E-state index is 0.198. The summed E-state index contributed by atoms with van der Waals surface area (Å²) in [6, 6.07) is 15.3. The topological polar surface area (TPSA) is 76.7 Å². The molecule has 0 aliphatic carbocycles. The Kier molecular flexibility index (Phi) is 8.71. The van der Waals surface area contributed by atoms with Crippen molar-refractivity contribution in [2.45, 2.75) is 59.0 Å². The van der Waals surface area contributed by atoms with Crippen molar-refractivity contribution in [2.24, 2.45) is 0 Å². The van der Waals surface area contributed by atoms with E-state index in [1.807, 2.05) is 48.5 Å². The first-order chi connectivity index (χ1) is 14.3. The SMILES string of the molecule is CCC(C)c1ccccc1OC(C)C(=O)NNC(=O)COc1ccccc1C(C)C. The Hall–Kier alpha value is -3.02. The van der Waals surface area contributed by atoms with Crippen LogP contribution in [0.4, 0.5) is 0 Å². The van der Waals surface area contributed by atoms with Gasteiger partial charge in [0.1, 0.15) is 11.5 Å². The van der Waals surface area contributed by atoms with Crippen LogP contribution in [0.15, 0.2) is 48.5 Å². The molecule has 162 valence electrons. The molecule has 0 bridgehead atoms. The summed E-state index contributed by atoms with van der Waals surface area (Å²) in [7, 11) is 0. The molecule has 2 N–H and O–H groups in total. The van der Waals surface area contributed by atoms with Crippen LogP contribution in [0.2, 0.25) is 0 Å². The minimum Gasteiger partial charge on any atom is -0.483 e. The van der Waals surface area contributed by atoms with Crippen molar-refractivity contribution >= 4 is 11.8 Å². The number of carbonyl (C=O) groups excluding carboxylic acids is 2. The van der Waals surface area contributed by atoms with E-state index in [2.05, 4.69) is 38.5 Å². The first-order valence-corrected chi connectivity index (χ1v) is 10.4. The number of para-hydroxylation sites is 2. The number of amides is 2. The maximum atomic E-state index is 12.3. The predicted molar refractivity (Wildman–Crippen MR) is 118 cm³/mol. The zero-order valence-electron chi connectivity index (χ0n) is 18.4. The molecular formula is C24H32N2O4. The third-order valence-corrected chi connectivity index (χ3v) is 4.96. The van der Waals surface area contributed by atoms with Gasteiger partial charge in [0.2, 0.25) is 0 Å². The van der Waals surface area contributed by atoms with Gasteiger partial charge in [-0.3, -0.25) is 20.4 Å². The Morgan fingerprint density at radius 2 is 1.47 bits per heavy atom. The van der Waals surface area contributed by atoms with Crippen LogP contribution >= 0.6 is 0 Å². The molecule has 0 aromatic heterocycles. The Bertz CT molecular complexity index is 851. The third-order valence-electron chi connectivity index (χ3n) is 4.96. The highest BCUT2D eigenvalue weighted by Crippen LogP contribution is 2.29. The number of hydrogen-bond acceptors (Lipinski definition) is 4. The van der Waals surface area contributed by atoms with Gasteiger partial charge in [0.25, 0.3) is 11.8 Å². The normalized spacial score (nSPS) is 12.7. The molecule has 2 unspecified atom stereocenters. The predicted octanol–water partition coefficient (Wildman–Crippen LogP) is 4.32. The fourth-order valence-electron chi connectivity index (χ4n) is 2.96. The average molecular weight is 413 g/mol. The van der Waals surface area contributed by atoms with Crippen molar-refractivity contribution in [1.82, 2.24) is 10.9 Å². The molecule has 6 heteroatoms. The second-order valence-electron chi connectivity index (χ2n) is 7.63. The maximum Gasteiger partial charge on any atom is 0.279 e. The number of ether oxygens (including phenoxy) is 2. The van der Waals surface area contributed by atoms with Crippen molar-refractivity contribution in [3.63, 3.8) is 0 Å². The van der Waals surface area contributed by atoms with Gasteiger partial charge in [0.05, 0.1) is 0 Å². The number of rotatable bonds is 9. The van der Waals surface area contributed by atoms with Gasteiger partial charge in [0.15, 0.2) is 12.7 Å². The molecule has 0 saturated heterocycles. The molecular weight excluding hydrogens is 380 g/mol. The van der Waals surface area contributed by atoms with Gasteiger partial charge >= 0.3 is 0 Å². The number of carbonyl (C=O) groups is 2. The van der Waals surface area contributed by atoms with E-state index < -0.39 is 17.9 Å². The summed E-state index contributed by atoms with van der Waals surface area (Å²) in [5, 5.41) is 0. The fraction of sp³-hybridized carbons (Fsp3) is 0.417. The highest BCUT2D eigenvalue weighted by atomic mass is 16.5. The second-order valence-corrected chi connectivity index (χ2v) is 7.63. The minimum atomic E-state index is -0.766. The monoisotopic (exact) mass is 412 g/mol. The number of hydrazine groups is 1. The standard InChI is InChI=1S/C24H32N2O4/c1-6-17(4)20-12-8-10-14-22(20)30-18(5)24(28)26-25-23(27)15-29-21-13-9-7-11-19(21)16(2)3/h7-14,16-18H,6,15H2,1-5H3,(H,25,27)(H,26,28). The van der Waals surface area contributed by atoms with Crippen molar-refractivity contribution < 1.29 is 19.1 Å². The van der Waals surface area contributed by atoms with Gasteiger partial charge in [0, 0.05) is 0 Å². The molecule has 2 rings (SSSR count). The third kappa shape index (κ3) is 6.51. The van der Waals surface area contributed by atoms with Crippen molar-refractivity contribution in [2.75, 3.05) is 6.61 Å². The van der Waals surface area contributed by atoms with E-state index in [0.717, 1.165) is 17.5 Å². The summed E-state index contributed by atoms with van der Waals surface area (Å²) in [6.45, 7) is 9.78. The molecule has 0 aliphatic rings. The number of nitrogens with one attached hydrogen (secondary N) is 2. The van der Waals surface area contributed by atoms with Gasteiger partial charge in [-0.2, -0.15) is 0 Å². The molecule has 2 aromatic rings. The fourth-order valence-corrected chi connectivity index (χ4v) is 2.96. The summed E-state index contributed by atoms with van der Waals surface area (Å²) in [5.41, 5.74) is 6.85. The van der Waals surface area contributed by atoms with Crippen molar-refractivity contribution in [3.8, 4) is 11.5 Å². The lowest BCUT2D eigenvalue weighted by Crippen LogP contribution is -2.48. The van der Waals surface area contributed by atoms with Crippen molar-refractivity contribution in [3.05, 3.63) is 59.7 Å². The molecule has 2 amide bonds. The summed E-state index contributed by atoms with van der Waals surface area (Å²) in [4.78, 5) is 24.4. The Morgan fingerprint density at radius 3 is 2.10 bits per heavy atom. The molecule has 6 nitrogen and oxygen atoms in total. The summed E-state index contributed by atoms with van der Waals surface area (Å²) in [6.07, 6.45) is 0.204. The highest BCUT2D eigenvalue weighted by Gasteiger charge is 2.18. The Morgan fingerprint density at radius 1 is 0.867 bits per heavy atom. The molecule has 0 aliphatic heterocycles. The highest BCUT2D eigenvalue weighted by molar-refractivity contribution is 5.85. The zero-order valence-corrected chi connectivity index (χ0v) is 18.4. The van der Waals surface area contributed by atoms with Crippen LogP contribution in [0.5, 0.6) is 11.5 Å².